The molecule has 2 aromatic carbocycles. The Hall–Kier alpha value is -1.89. The fourth-order valence-corrected chi connectivity index (χ4v) is 5.69. The third-order valence-corrected chi connectivity index (χ3v) is 7.41. The van der Waals surface area contributed by atoms with Gasteiger partial charge in [0.1, 0.15) is 23.7 Å². The highest BCUT2D eigenvalue weighted by Gasteiger charge is 2.35. The van der Waals surface area contributed by atoms with Crippen LogP contribution in [0.2, 0.25) is 0 Å². The van der Waals surface area contributed by atoms with Crippen LogP contribution in [0.5, 0.6) is 11.5 Å². The van der Waals surface area contributed by atoms with Gasteiger partial charge in [-0.15, -0.1) is 0 Å². The molecule has 8 heteroatoms. The molecule has 0 radical (unpaired) electrons. The number of rotatable bonds is 2. The standard InChI is InChI=1S/C24H33O7P/c1-4-29-32(25)23-11-7-5-9-21(23)30-19(2)17-27-15-13-26-14-16-28-18-20(3)31-22-10-6-8-12-24(22)32/h5-12,19-20H,4,13-18H2,1-3H3/t19-,20-/m1/s1. The van der Waals surface area contributed by atoms with Gasteiger partial charge in [0.05, 0.1) is 56.9 Å². The lowest BCUT2D eigenvalue weighted by Gasteiger charge is -2.26. The molecule has 0 saturated heterocycles. The van der Waals surface area contributed by atoms with Crippen LogP contribution in [0.25, 0.3) is 0 Å². The molecule has 0 amide bonds. The highest BCUT2D eigenvalue weighted by atomic mass is 31.2. The molecule has 2 atom stereocenters. The Balaban J connectivity index is 2.01. The molecule has 0 saturated carbocycles. The summed E-state index contributed by atoms with van der Waals surface area (Å²) >= 11 is 0. The van der Waals surface area contributed by atoms with E-state index in [4.69, 9.17) is 28.2 Å². The van der Waals surface area contributed by atoms with E-state index in [0.717, 1.165) is 0 Å². The first kappa shape index (κ1) is 24.7. The maximum atomic E-state index is 14.4. The zero-order valence-corrected chi connectivity index (χ0v) is 19.9. The van der Waals surface area contributed by atoms with Gasteiger partial charge in [-0.05, 0) is 45.0 Å². The van der Waals surface area contributed by atoms with Crippen molar-refractivity contribution in [2.24, 2.45) is 0 Å². The second kappa shape index (κ2) is 12.4. The van der Waals surface area contributed by atoms with Gasteiger partial charge in [0, 0.05) is 0 Å². The molecule has 1 heterocycles. The third-order valence-electron chi connectivity index (χ3n) is 4.78. The lowest BCUT2D eigenvalue weighted by molar-refractivity contribution is -0.0114. The first-order chi connectivity index (χ1) is 15.5. The first-order valence-electron chi connectivity index (χ1n) is 11.0. The Morgan fingerprint density at radius 1 is 0.781 bits per heavy atom. The quantitative estimate of drug-likeness (QED) is 0.630. The van der Waals surface area contributed by atoms with Gasteiger partial charge >= 0.3 is 0 Å². The molecule has 0 bridgehead atoms. The van der Waals surface area contributed by atoms with Crippen LogP contribution in [-0.4, -0.2) is 58.5 Å². The largest absolute Gasteiger partial charge is 0.487 e. The molecule has 1 aliphatic rings. The van der Waals surface area contributed by atoms with Crippen molar-refractivity contribution in [3.63, 3.8) is 0 Å². The first-order valence-corrected chi connectivity index (χ1v) is 12.7. The Bertz CT molecular complexity index is 823. The van der Waals surface area contributed by atoms with Gasteiger partial charge < -0.3 is 28.2 Å². The van der Waals surface area contributed by atoms with Crippen LogP contribution < -0.4 is 20.1 Å². The van der Waals surface area contributed by atoms with Crippen molar-refractivity contribution in [2.75, 3.05) is 46.2 Å². The number of para-hydroxylation sites is 2. The lowest BCUT2D eigenvalue weighted by Crippen LogP contribution is -2.28. The van der Waals surface area contributed by atoms with E-state index in [1.807, 2.05) is 45.0 Å². The summed E-state index contributed by atoms with van der Waals surface area (Å²) in [6.45, 7) is 8.55. The van der Waals surface area contributed by atoms with Crippen LogP contribution in [-0.2, 0) is 23.3 Å². The minimum Gasteiger partial charge on any atom is -0.487 e. The second-order valence-corrected chi connectivity index (χ2v) is 9.85. The zero-order chi connectivity index (χ0) is 22.8. The van der Waals surface area contributed by atoms with E-state index in [9.17, 15) is 4.57 Å². The van der Waals surface area contributed by atoms with Crippen molar-refractivity contribution in [1.82, 2.24) is 0 Å². The molecule has 1 aliphatic heterocycles. The Morgan fingerprint density at radius 3 is 1.69 bits per heavy atom. The van der Waals surface area contributed by atoms with Gasteiger partial charge in [0.25, 0.3) is 7.37 Å². The number of hydrogen-bond acceptors (Lipinski definition) is 7. The minimum absolute atomic E-state index is 0.250. The van der Waals surface area contributed by atoms with Crippen LogP contribution in [0.4, 0.5) is 0 Å². The summed E-state index contributed by atoms with van der Waals surface area (Å²) in [7, 11) is -3.51. The SMILES string of the molecule is CCOP1(=O)c2ccccc2O[C@H](C)COCCOCCOC[C@@H](C)Oc2ccccc21. The molecule has 2 aromatic rings. The minimum atomic E-state index is -3.51. The Morgan fingerprint density at radius 2 is 1.22 bits per heavy atom. The average molecular weight is 464 g/mol. The smallest absolute Gasteiger partial charge is 0.268 e. The summed E-state index contributed by atoms with van der Waals surface area (Å²) in [5.41, 5.74) is 0. The normalized spacial score (nSPS) is 22.8. The van der Waals surface area contributed by atoms with Gasteiger partial charge in [-0.3, -0.25) is 4.57 Å². The van der Waals surface area contributed by atoms with Crippen molar-refractivity contribution < 1.29 is 32.8 Å². The van der Waals surface area contributed by atoms with Crippen LogP contribution >= 0.6 is 7.37 Å². The van der Waals surface area contributed by atoms with Gasteiger partial charge in [-0.2, -0.15) is 0 Å². The highest BCUT2D eigenvalue weighted by Crippen LogP contribution is 2.49. The summed E-state index contributed by atoms with van der Waals surface area (Å²) in [5.74, 6) is 1.01. The third kappa shape index (κ3) is 6.56. The zero-order valence-electron chi connectivity index (χ0n) is 19.0. The van der Waals surface area contributed by atoms with E-state index in [2.05, 4.69) is 0 Å². The molecule has 0 unspecified atom stereocenters. The Labute approximate surface area is 190 Å². The fourth-order valence-electron chi connectivity index (χ4n) is 3.39. The van der Waals surface area contributed by atoms with Gasteiger partial charge in [-0.1, -0.05) is 24.3 Å². The van der Waals surface area contributed by atoms with Crippen molar-refractivity contribution in [3.05, 3.63) is 48.5 Å². The summed E-state index contributed by atoms with van der Waals surface area (Å²) in [4.78, 5) is 0. The number of fused-ring (bicyclic) bond motifs is 2. The summed E-state index contributed by atoms with van der Waals surface area (Å²) in [6, 6.07) is 14.5. The average Bonchev–Trinajstić information content (AvgIpc) is 2.78. The predicted molar refractivity (Wildman–Crippen MR) is 124 cm³/mol. The molecular weight excluding hydrogens is 431 g/mol. The van der Waals surface area contributed by atoms with E-state index in [1.165, 1.54) is 0 Å². The number of ether oxygens (including phenoxy) is 5. The van der Waals surface area contributed by atoms with E-state index in [-0.39, 0.29) is 18.8 Å². The predicted octanol–water partition coefficient (Wildman–Crippen LogP) is 3.55. The van der Waals surface area contributed by atoms with Crippen LogP contribution in [0.3, 0.4) is 0 Å². The molecule has 0 aliphatic carbocycles. The van der Waals surface area contributed by atoms with Crippen molar-refractivity contribution in [3.8, 4) is 11.5 Å². The topological polar surface area (TPSA) is 72.5 Å². The Kier molecular flexibility index (Phi) is 9.57. The van der Waals surface area contributed by atoms with E-state index in [0.29, 0.717) is 61.7 Å². The van der Waals surface area contributed by atoms with E-state index < -0.39 is 7.37 Å². The summed E-state index contributed by atoms with van der Waals surface area (Å²) in [5, 5.41) is 0.996. The van der Waals surface area contributed by atoms with E-state index in [1.54, 1.807) is 24.3 Å². The lowest BCUT2D eigenvalue weighted by atomic mass is 10.3. The number of benzene rings is 2. The molecule has 0 fully saturated rings. The number of hydrogen-bond donors (Lipinski definition) is 0. The van der Waals surface area contributed by atoms with Gasteiger partial charge in [0.2, 0.25) is 0 Å². The molecular formula is C24H33O7P. The van der Waals surface area contributed by atoms with Crippen molar-refractivity contribution >= 4 is 18.0 Å². The monoisotopic (exact) mass is 464 g/mol. The second-order valence-electron chi connectivity index (χ2n) is 7.52. The summed E-state index contributed by atoms with van der Waals surface area (Å²) < 4.78 is 49.5. The van der Waals surface area contributed by atoms with Gasteiger partial charge in [-0.25, -0.2) is 0 Å². The molecule has 32 heavy (non-hydrogen) atoms. The van der Waals surface area contributed by atoms with Crippen LogP contribution in [0.1, 0.15) is 20.8 Å². The molecule has 3 rings (SSSR count). The molecule has 0 spiro atoms. The highest BCUT2D eigenvalue weighted by molar-refractivity contribution is 7.74. The van der Waals surface area contributed by atoms with Crippen LogP contribution in [0.15, 0.2) is 48.5 Å². The maximum absolute atomic E-state index is 14.4. The molecule has 7 nitrogen and oxygen atoms in total. The van der Waals surface area contributed by atoms with Crippen molar-refractivity contribution in [1.29, 1.82) is 0 Å². The molecule has 0 N–H and O–H groups in total. The molecule has 176 valence electrons. The fraction of sp³-hybridized carbons (Fsp3) is 0.500. The van der Waals surface area contributed by atoms with Crippen LogP contribution in [0, 0.1) is 0 Å². The maximum Gasteiger partial charge on any atom is 0.268 e. The summed E-state index contributed by atoms with van der Waals surface area (Å²) in [6.07, 6.45) is -0.500. The molecule has 0 aromatic heterocycles. The van der Waals surface area contributed by atoms with E-state index >= 15 is 0 Å². The van der Waals surface area contributed by atoms with Gasteiger partial charge in [0.15, 0.2) is 0 Å². The van der Waals surface area contributed by atoms with Crippen molar-refractivity contribution in [2.45, 2.75) is 33.0 Å².